The summed E-state index contributed by atoms with van der Waals surface area (Å²) in [6.07, 6.45) is 5.38. The molecule has 4 heteroatoms. The van der Waals surface area contributed by atoms with Crippen molar-refractivity contribution in [3.63, 3.8) is 0 Å². The van der Waals surface area contributed by atoms with Crippen molar-refractivity contribution >= 4 is 15.9 Å². The predicted octanol–water partition coefficient (Wildman–Crippen LogP) is 2.66. The van der Waals surface area contributed by atoms with E-state index in [1.165, 1.54) is 24.0 Å². The quantitative estimate of drug-likeness (QED) is 0.837. The second-order valence-electron chi connectivity index (χ2n) is 6.34. The standard InChI is InChI=1S/C16H22BrNO2/c17-14-5-12-3-4-20-15(12)13(6-14)8-16(9-18,10-19)7-11-1-2-11/h5-6,11,19H,1-4,7-10,18H2. The molecule has 1 atom stereocenters. The van der Waals surface area contributed by atoms with Crippen LogP contribution in [0.3, 0.4) is 0 Å². The molecule has 1 aliphatic carbocycles. The minimum atomic E-state index is -0.193. The Morgan fingerprint density at radius 3 is 2.85 bits per heavy atom. The van der Waals surface area contributed by atoms with Gasteiger partial charge in [0.2, 0.25) is 0 Å². The van der Waals surface area contributed by atoms with Gasteiger partial charge in [-0.15, -0.1) is 0 Å². The van der Waals surface area contributed by atoms with Crippen LogP contribution < -0.4 is 10.5 Å². The van der Waals surface area contributed by atoms with E-state index in [1.807, 2.05) is 0 Å². The number of hydrogen-bond acceptors (Lipinski definition) is 3. The van der Waals surface area contributed by atoms with Crippen LogP contribution in [-0.2, 0) is 12.8 Å². The van der Waals surface area contributed by atoms with Crippen LogP contribution in [0, 0.1) is 11.3 Å². The Kier molecular flexibility index (Phi) is 4.07. The van der Waals surface area contributed by atoms with E-state index in [4.69, 9.17) is 10.5 Å². The van der Waals surface area contributed by atoms with Gasteiger partial charge in [0.05, 0.1) is 13.2 Å². The van der Waals surface area contributed by atoms with Gasteiger partial charge in [-0.25, -0.2) is 0 Å². The number of halogens is 1. The van der Waals surface area contributed by atoms with Crippen molar-refractivity contribution in [2.75, 3.05) is 19.8 Å². The molecule has 110 valence electrons. The molecule has 1 aromatic carbocycles. The summed E-state index contributed by atoms with van der Waals surface area (Å²) in [5, 5.41) is 9.90. The smallest absolute Gasteiger partial charge is 0.125 e. The summed E-state index contributed by atoms with van der Waals surface area (Å²) < 4.78 is 6.89. The first-order valence-electron chi connectivity index (χ1n) is 7.41. The van der Waals surface area contributed by atoms with Gasteiger partial charge in [0.15, 0.2) is 0 Å². The Hall–Kier alpha value is -0.580. The van der Waals surface area contributed by atoms with Gasteiger partial charge >= 0.3 is 0 Å². The van der Waals surface area contributed by atoms with E-state index in [9.17, 15) is 5.11 Å². The Morgan fingerprint density at radius 2 is 2.20 bits per heavy atom. The highest BCUT2D eigenvalue weighted by Gasteiger charge is 2.37. The SMILES string of the molecule is NCC(CO)(Cc1cc(Br)cc2c1OCC2)CC1CC1. The fourth-order valence-electron chi connectivity index (χ4n) is 3.23. The molecular formula is C16H22BrNO2. The van der Waals surface area contributed by atoms with E-state index in [0.717, 1.165) is 42.0 Å². The molecule has 0 radical (unpaired) electrons. The van der Waals surface area contributed by atoms with E-state index in [0.29, 0.717) is 6.54 Å². The zero-order valence-electron chi connectivity index (χ0n) is 11.7. The minimum absolute atomic E-state index is 0.154. The zero-order chi connectivity index (χ0) is 14.2. The molecule has 1 aliphatic heterocycles. The maximum atomic E-state index is 9.90. The molecule has 1 heterocycles. The molecule has 3 N–H and O–H groups in total. The van der Waals surface area contributed by atoms with E-state index in [2.05, 4.69) is 28.1 Å². The number of hydrogen-bond donors (Lipinski definition) is 2. The van der Waals surface area contributed by atoms with Gasteiger partial charge < -0.3 is 15.6 Å². The molecule has 1 unspecified atom stereocenters. The Morgan fingerprint density at radius 1 is 1.40 bits per heavy atom. The lowest BCUT2D eigenvalue weighted by Crippen LogP contribution is -2.37. The zero-order valence-corrected chi connectivity index (χ0v) is 13.3. The second-order valence-corrected chi connectivity index (χ2v) is 7.25. The largest absolute Gasteiger partial charge is 0.493 e. The summed E-state index contributed by atoms with van der Waals surface area (Å²) in [5.74, 6) is 1.78. The lowest BCUT2D eigenvalue weighted by molar-refractivity contribution is 0.115. The van der Waals surface area contributed by atoms with Gasteiger partial charge in [0, 0.05) is 22.9 Å². The van der Waals surface area contributed by atoms with Crippen LogP contribution in [0.2, 0.25) is 0 Å². The Balaban J connectivity index is 1.88. The molecule has 0 aromatic heterocycles. The van der Waals surface area contributed by atoms with E-state index in [1.54, 1.807) is 0 Å². The third-order valence-corrected chi connectivity index (χ3v) is 5.04. The van der Waals surface area contributed by atoms with Crippen LogP contribution in [0.1, 0.15) is 30.4 Å². The molecule has 2 aliphatic rings. The van der Waals surface area contributed by atoms with Crippen LogP contribution in [0.25, 0.3) is 0 Å². The van der Waals surface area contributed by atoms with Crippen LogP contribution in [0.4, 0.5) is 0 Å². The Bertz CT molecular complexity index is 495. The number of nitrogens with two attached hydrogens (primary N) is 1. The van der Waals surface area contributed by atoms with Crippen molar-refractivity contribution < 1.29 is 9.84 Å². The van der Waals surface area contributed by atoms with Crippen molar-refractivity contribution in [3.05, 3.63) is 27.7 Å². The van der Waals surface area contributed by atoms with E-state index in [-0.39, 0.29) is 12.0 Å². The number of aliphatic hydroxyl groups is 1. The summed E-state index contributed by atoms with van der Waals surface area (Å²) in [7, 11) is 0. The highest BCUT2D eigenvalue weighted by atomic mass is 79.9. The molecule has 1 aromatic rings. The first-order valence-corrected chi connectivity index (χ1v) is 8.20. The van der Waals surface area contributed by atoms with Crippen LogP contribution >= 0.6 is 15.9 Å². The van der Waals surface area contributed by atoms with Crippen molar-refractivity contribution in [2.45, 2.75) is 32.1 Å². The molecular weight excluding hydrogens is 318 g/mol. The van der Waals surface area contributed by atoms with E-state index >= 15 is 0 Å². The maximum Gasteiger partial charge on any atom is 0.125 e. The fraction of sp³-hybridized carbons (Fsp3) is 0.625. The minimum Gasteiger partial charge on any atom is -0.493 e. The van der Waals surface area contributed by atoms with Crippen molar-refractivity contribution in [1.82, 2.24) is 0 Å². The summed E-state index contributed by atoms with van der Waals surface area (Å²) in [5.41, 5.74) is 8.28. The molecule has 3 nitrogen and oxygen atoms in total. The number of aliphatic hydroxyl groups excluding tert-OH is 1. The van der Waals surface area contributed by atoms with Crippen LogP contribution in [-0.4, -0.2) is 24.9 Å². The van der Waals surface area contributed by atoms with Crippen molar-refractivity contribution in [3.8, 4) is 5.75 Å². The fourth-order valence-corrected chi connectivity index (χ4v) is 3.78. The molecule has 20 heavy (non-hydrogen) atoms. The lowest BCUT2D eigenvalue weighted by atomic mass is 9.77. The molecule has 3 rings (SSSR count). The first kappa shape index (κ1) is 14.4. The highest BCUT2D eigenvalue weighted by molar-refractivity contribution is 9.10. The molecule has 0 spiro atoms. The number of rotatable bonds is 6. The third-order valence-electron chi connectivity index (χ3n) is 4.58. The molecule has 1 fully saturated rings. The average molecular weight is 340 g/mol. The summed E-state index contributed by atoms with van der Waals surface area (Å²) in [6.45, 7) is 1.44. The van der Waals surface area contributed by atoms with Gasteiger partial charge in [-0.05, 0) is 42.0 Å². The molecule has 0 bridgehead atoms. The van der Waals surface area contributed by atoms with Crippen molar-refractivity contribution in [1.29, 1.82) is 0 Å². The normalized spacial score (nSPS) is 20.4. The Labute approximate surface area is 128 Å². The predicted molar refractivity (Wildman–Crippen MR) is 83.0 cm³/mol. The number of benzene rings is 1. The van der Waals surface area contributed by atoms with Gasteiger partial charge in [-0.2, -0.15) is 0 Å². The third kappa shape index (κ3) is 2.87. The van der Waals surface area contributed by atoms with Gasteiger partial charge in [-0.1, -0.05) is 28.8 Å². The van der Waals surface area contributed by atoms with Gasteiger partial charge in [0.25, 0.3) is 0 Å². The average Bonchev–Trinajstić information content (AvgIpc) is 3.12. The van der Waals surface area contributed by atoms with Gasteiger partial charge in [-0.3, -0.25) is 0 Å². The molecule has 1 saturated carbocycles. The molecule has 0 amide bonds. The lowest BCUT2D eigenvalue weighted by Gasteiger charge is -2.31. The van der Waals surface area contributed by atoms with Crippen molar-refractivity contribution in [2.24, 2.45) is 17.1 Å². The second kappa shape index (κ2) is 5.66. The highest BCUT2D eigenvalue weighted by Crippen LogP contribution is 2.43. The number of fused-ring (bicyclic) bond motifs is 1. The monoisotopic (exact) mass is 339 g/mol. The van der Waals surface area contributed by atoms with Crippen LogP contribution in [0.15, 0.2) is 16.6 Å². The van der Waals surface area contributed by atoms with Gasteiger partial charge in [0.1, 0.15) is 5.75 Å². The first-order chi connectivity index (χ1) is 9.65. The maximum absolute atomic E-state index is 9.90. The topological polar surface area (TPSA) is 55.5 Å². The van der Waals surface area contributed by atoms with Crippen LogP contribution in [0.5, 0.6) is 5.75 Å². The van der Waals surface area contributed by atoms with E-state index < -0.39 is 0 Å². The molecule has 0 saturated heterocycles. The summed E-state index contributed by atoms with van der Waals surface area (Å²) in [6, 6.07) is 4.26. The summed E-state index contributed by atoms with van der Waals surface area (Å²) in [4.78, 5) is 0. The number of ether oxygens (including phenoxy) is 1. The summed E-state index contributed by atoms with van der Waals surface area (Å²) >= 11 is 3.58.